The summed E-state index contributed by atoms with van der Waals surface area (Å²) >= 11 is 1.50. The minimum absolute atomic E-state index is 0.159. The van der Waals surface area contributed by atoms with Crippen molar-refractivity contribution >= 4 is 29.2 Å². The molecule has 0 fully saturated rings. The molecule has 7 nitrogen and oxygen atoms in total. The van der Waals surface area contributed by atoms with Gasteiger partial charge in [0.15, 0.2) is 5.16 Å². The van der Waals surface area contributed by atoms with E-state index < -0.39 is 0 Å². The first-order valence-electron chi connectivity index (χ1n) is 10.2. The zero-order valence-electron chi connectivity index (χ0n) is 17.9. The molecule has 0 bridgehead atoms. The summed E-state index contributed by atoms with van der Waals surface area (Å²) < 4.78 is 7.29. The molecule has 1 aliphatic heterocycles. The molecule has 160 valence electrons. The summed E-state index contributed by atoms with van der Waals surface area (Å²) in [7, 11) is 3.66. The van der Waals surface area contributed by atoms with E-state index in [1.165, 1.54) is 22.9 Å². The first-order valence-corrected chi connectivity index (χ1v) is 11.2. The van der Waals surface area contributed by atoms with E-state index >= 15 is 0 Å². The van der Waals surface area contributed by atoms with E-state index in [4.69, 9.17) is 4.74 Å². The van der Waals surface area contributed by atoms with Gasteiger partial charge in [0, 0.05) is 13.5 Å². The van der Waals surface area contributed by atoms with Gasteiger partial charge in [-0.15, -0.1) is 10.2 Å². The fraction of sp³-hybridized carbons (Fsp3) is 0.348. The monoisotopic (exact) mass is 435 g/mol. The van der Waals surface area contributed by atoms with E-state index in [9.17, 15) is 4.79 Å². The van der Waals surface area contributed by atoms with Gasteiger partial charge in [0.05, 0.1) is 18.6 Å². The molecule has 8 heteroatoms. The van der Waals surface area contributed by atoms with Crippen LogP contribution in [0.1, 0.15) is 23.4 Å². The van der Waals surface area contributed by atoms with Crippen LogP contribution in [0.2, 0.25) is 0 Å². The van der Waals surface area contributed by atoms with Crippen molar-refractivity contribution in [2.45, 2.75) is 31.3 Å². The lowest BCUT2D eigenvalue weighted by molar-refractivity contribution is -0.118. The normalized spacial score (nSPS) is 17.4. The van der Waals surface area contributed by atoms with E-state index in [0.717, 1.165) is 41.7 Å². The number of ether oxygens (including phenoxy) is 1. The van der Waals surface area contributed by atoms with Gasteiger partial charge in [0.2, 0.25) is 0 Å². The highest BCUT2D eigenvalue weighted by Crippen LogP contribution is 2.22. The van der Waals surface area contributed by atoms with Crippen molar-refractivity contribution in [3.05, 3.63) is 59.5 Å². The maximum atomic E-state index is 12.2. The van der Waals surface area contributed by atoms with Gasteiger partial charge in [-0.1, -0.05) is 36.1 Å². The van der Waals surface area contributed by atoms with Crippen LogP contribution in [-0.4, -0.2) is 45.1 Å². The SMILES string of the molecule is COc1ccc(CCCc2nnc(SCC3=NC(=O)C4C=CC=CC4=N3)n2C)c(C)c1. The Kier molecular flexibility index (Phi) is 6.46. The predicted octanol–water partition coefficient (Wildman–Crippen LogP) is 3.52. The van der Waals surface area contributed by atoms with Gasteiger partial charge in [-0.25, -0.2) is 4.99 Å². The first kappa shape index (κ1) is 21.2. The molecule has 0 saturated heterocycles. The first-order chi connectivity index (χ1) is 15.0. The van der Waals surface area contributed by atoms with Crippen LogP contribution in [0.5, 0.6) is 5.75 Å². The number of hydrogen-bond donors (Lipinski definition) is 0. The Balaban J connectivity index is 1.32. The number of amidine groups is 1. The highest BCUT2D eigenvalue weighted by molar-refractivity contribution is 7.99. The van der Waals surface area contributed by atoms with Crippen LogP contribution in [-0.2, 0) is 24.7 Å². The van der Waals surface area contributed by atoms with Crippen LogP contribution in [0.15, 0.2) is 57.6 Å². The number of carbonyl (C=O) groups is 1. The standard InChI is InChI=1S/C23H25N5O2S/c1-15-13-17(30-3)12-11-16(15)7-6-10-21-26-27-23(28(21)2)31-14-20-24-19-9-5-4-8-18(19)22(29)25-20/h4-5,8-9,11-13,18H,6-7,10,14H2,1-3H3. The lowest BCUT2D eigenvalue weighted by Gasteiger charge is -2.17. The van der Waals surface area contributed by atoms with Crippen LogP contribution in [0.3, 0.4) is 0 Å². The number of methoxy groups -OCH3 is 1. The third-order valence-electron chi connectivity index (χ3n) is 5.42. The Morgan fingerprint density at radius 2 is 2.03 bits per heavy atom. The molecule has 1 aromatic heterocycles. The third-order valence-corrected chi connectivity index (χ3v) is 6.43. The number of amides is 1. The summed E-state index contributed by atoms with van der Waals surface area (Å²) in [6.45, 7) is 2.11. The molecule has 1 amide bonds. The summed E-state index contributed by atoms with van der Waals surface area (Å²) in [6.07, 6.45) is 10.2. The van der Waals surface area contributed by atoms with Gasteiger partial charge < -0.3 is 9.30 Å². The Bertz CT molecular complexity index is 1110. The highest BCUT2D eigenvalue weighted by Gasteiger charge is 2.26. The van der Waals surface area contributed by atoms with Crippen LogP contribution >= 0.6 is 11.8 Å². The van der Waals surface area contributed by atoms with E-state index in [-0.39, 0.29) is 11.8 Å². The number of aliphatic imine (C=N–C) groups is 2. The molecule has 0 spiro atoms. The number of aryl methyl sites for hydroxylation is 3. The zero-order valence-corrected chi connectivity index (χ0v) is 18.7. The topological polar surface area (TPSA) is 81.7 Å². The molecule has 2 aromatic rings. The van der Waals surface area contributed by atoms with E-state index in [1.807, 2.05) is 42.0 Å². The van der Waals surface area contributed by atoms with Crippen molar-refractivity contribution in [3.8, 4) is 5.75 Å². The summed E-state index contributed by atoms with van der Waals surface area (Å²) in [5, 5.41) is 9.46. The molecule has 4 rings (SSSR count). The van der Waals surface area contributed by atoms with Crippen molar-refractivity contribution in [2.24, 2.45) is 23.0 Å². The van der Waals surface area contributed by atoms with Crippen LogP contribution < -0.4 is 4.74 Å². The molecule has 0 N–H and O–H groups in total. The number of thioether (sulfide) groups is 1. The molecule has 0 saturated carbocycles. The molecule has 1 aromatic carbocycles. The Hall–Kier alpha value is -3.00. The largest absolute Gasteiger partial charge is 0.497 e. The van der Waals surface area contributed by atoms with E-state index in [1.54, 1.807) is 7.11 Å². The maximum Gasteiger partial charge on any atom is 0.260 e. The fourth-order valence-electron chi connectivity index (χ4n) is 3.61. The average molecular weight is 436 g/mol. The summed E-state index contributed by atoms with van der Waals surface area (Å²) in [6, 6.07) is 6.20. The number of rotatable bonds is 8. The molecule has 1 aliphatic carbocycles. The summed E-state index contributed by atoms with van der Waals surface area (Å²) in [5.74, 6) is 2.35. The number of aromatic nitrogens is 3. The van der Waals surface area contributed by atoms with Gasteiger partial charge in [0.25, 0.3) is 5.91 Å². The van der Waals surface area contributed by atoms with Gasteiger partial charge in [0.1, 0.15) is 23.3 Å². The fourth-order valence-corrected chi connectivity index (χ4v) is 4.40. The average Bonchev–Trinajstić information content (AvgIpc) is 3.13. The van der Waals surface area contributed by atoms with Gasteiger partial charge in [-0.2, -0.15) is 4.99 Å². The summed E-state index contributed by atoms with van der Waals surface area (Å²) in [5.41, 5.74) is 3.32. The van der Waals surface area contributed by atoms with E-state index in [2.05, 4.69) is 39.2 Å². The number of fused-ring (bicyclic) bond motifs is 1. The molecule has 1 atom stereocenters. The van der Waals surface area contributed by atoms with Crippen molar-refractivity contribution in [3.63, 3.8) is 0 Å². The molecular weight excluding hydrogens is 410 g/mol. The second kappa shape index (κ2) is 9.43. The zero-order chi connectivity index (χ0) is 21.8. The smallest absolute Gasteiger partial charge is 0.260 e. The van der Waals surface area contributed by atoms with Gasteiger partial charge in [-0.3, -0.25) is 4.79 Å². The second-order valence-corrected chi connectivity index (χ2v) is 8.46. The lowest BCUT2D eigenvalue weighted by atomic mass is 9.97. The van der Waals surface area contributed by atoms with Gasteiger partial charge in [-0.05, 0) is 49.1 Å². The number of carbonyl (C=O) groups excluding carboxylic acids is 1. The molecule has 2 aliphatic rings. The maximum absolute atomic E-state index is 12.2. The van der Waals surface area contributed by atoms with Crippen LogP contribution in [0.4, 0.5) is 0 Å². The quantitative estimate of drug-likeness (QED) is 0.593. The minimum Gasteiger partial charge on any atom is -0.497 e. The predicted molar refractivity (Wildman–Crippen MR) is 123 cm³/mol. The van der Waals surface area contributed by atoms with Crippen molar-refractivity contribution in [2.75, 3.05) is 12.9 Å². The van der Waals surface area contributed by atoms with Crippen LogP contribution in [0, 0.1) is 12.8 Å². The molecule has 2 heterocycles. The Labute approximate surface area is 186 Å². The molecule has 0 radical (unpaired) electrons. The molecular formula is C23H25N5O2S. The Morgan fingerprint density at radius 1 is 1.16 bits per heavy atom. The van der Waals surface area contributed by atoms with Crippen LogP contribution in [0.25, 0.3) is 0 Å². The highest BCUT2D eigenvalue weighted by atomic mass is 32.2. The van der Waals surface area contributed by atoms with E-state index in [0.29, 0.717) is 11.6 Å². The minimum atomic E-state index is -0.338. The van der Waals surface area contributed by atoms with Crippen molar-refractivity contribution < 1.29 is 9.53 Å². The van der Waals surface area contributed by atoms with Crippen molar-refractivity contribution in [1.82, 2.24) is 14.8 Å². The Morgan fingerprint density at radius 3 is 2.84 bits per heavy atom. The lowest BCUT2D eigenvalue weighted by Crippen LogP contribution is -2.27. The number of hydrogen-bond acceptors (Lipinski definition) is 6. The summed E-state index contributed by atoms with van der Waals surface area (Å²) in [4.78, 5) is 20.9. The third kappa shape index (κ3) is 4.85. The van der Waals surface area contributed by atoms with Crippen molar-refractivity contribution in [1.29, 1.82) is 0 Å². The van der Waals surface area contributed by atoms with Gasteiger partial charge >= 0.3 is 0 Å². The molecule has 1 unspecified atom stereocenters. The molecule has 31 heavy (non-hydrogen) atoms. The second-order valence-electron chi connectivity index (χ2n) is 7.52. The number of nitrogens with zero attached hydrogens (tertiary/aromatic N) is 5. The number of allylic oxidation sites excluding steroid dienone is 3. The number of benzene rings is 1.